The van der Waals surface area contributed by atoms with Crippen LogP contribution in [0, 0.1) is 5.82 Å². The second kappa shape index (κ2) is 5.75. The van der Waals surface area contributed by atoms with Crippen LogP contribution in [0.15, 0.2) is 16.6 Å². The fraction of sp³-hybridized carbons (Fsp3) is 0.273. The van der Waals surface area contributed by atoms with Gasteiger partial charge in [-0.1, -0.05) is 0 Å². The second-order valence-electron chi connectivity index (χ2n) is 3.06. The molecule has 1 rings (SSSR count). The molecule has 0 fully saturated rings. The summed E-state index contributed by atoms with van der Waals surface area (Å²) in [6.45, 7) is 1.97. The van der Waals surface area contributed by atoms with Gasteiger partial charge >= 0.3 is 5.97 Å². The van der Waals surface area contributed by atoms with Crippen molar-refractivity contribution in [3.63, 3.8) is 0 Å². The molecular formula is C11H10BrFO3. The van der Waals surface area contributed by atoms with E-state index in [2.05, 4.69) is 15.9 Å². The highest BCUT2D eigenvalue weighted by molar-refractivity contribution is 9.10. The van der Waals surface area contributed by atoms with Crippen LogP contribution in [-0.2, 0) is 16.0 Å². The van der Waals surface area contributed by atoms with E-state index in [1.165, 1.54) is 6.07 Å². The Bertz CT molecular complexity index is 418. The van der Waals surface area contributed by atoms with Gasteiger partial charge in [-0.25, -0.2) is 4.39 Å². The van der Waals surface area contributed by atoms with Crippen molar-refractivity contribution in [1.82, 2.24) is 0 Å². The Morgan fingerprint density at radius 1 is 1.56 bits per heavy atom. The average molecular weight is 289 g/mol. The zero-order valence-electron chi connectivity index (χ0n) is 8.63. The largest absolute Gasteiger partial charge is 0.466 e. The summed E-state index contributed by atoms with van der Waals surface area (Å²) in [6, 6.07) is 2.50. The van der Waals surface area contributed by atoms with Crippen LogP contribution < -0.4 is 0 Å². The van der Waals surface area contributed by atoms with Crippen molar-refractivity contribution < 1.29 is 18.7 Å². The Hall–Kier alpha value is -1.23. The molecule has 0 aromatic heterocycles. The van der Waals surface area contributed by atoms with Gasteiger partial charge < -0.3 is 4.74 Å². The van der Waals surface area contributed by atoms with Gasteiger partial charge in [-0.3, -0.25) is 9.59 Å². The molecular weight excluding hydrogens is 279 g/mol. The van der Waals surface area contributed by atoms with Crippen LogP contribution in [0.5, 0.6) is 0 Å². The average Bonchev–Trinajstić information content (AvgIpc) is 2.23. The standard InChI is InChI=1S/C11H10BrFO3/c1-2-16-11(15)5-7-3-9(12)10(13)4-8(7)6-14/h3-4,6H,2,5H2,1H3. The van der Waals surface area contributed by atoms with Gasteiger partial charge in [0.1, 0.15) is 12.1 Å². The van der Waals surface area contributed by atoms with E-state index < -0.39 is 11.8 Å². The molecule has 0 saturated heterocycles. The number of halogens is 2. The van der Waals surface area contributed by atoms with Crippen LogP contribution in [-0.4, -0.2) is 18.9 Å². The summed E-state index contributed by atoms with van der Waals surface area (Å²) in [4.78, 5) is 21.9. The summed E-state index contributed by atoms with van der Waals surface area (Å²) in [7, 11) is 0. The van der Waals surface area contributed by atoms with Crippen molar-refractivity contribution in [2.45, 2.75) is 13.3 Å². The Labute approximate surface area is 101 Å². The van der Waals surface area contributed by atoms with E-state index in [0.29, 0.717) is 11.8 Å². The number of hydrogen-bond acceptors (Lipinski definition) is 3. The Balaban J connectivity index is 2.98. The molecule has 0 aliphatic carbocycles. The maximum Gasteiger partial charge on any atom is 0.310 e. The van der Waals surface area contributed by atoms with Gasteiger partial charge in [0.25, 0.3) is 0 Å². The second-order valence-corrected chi connectivity index (χ2v) is 3.92. The molecule has 5 heteroatoms. The van der Waals surface area contributed by atoms with E-state index in [9.17, 15) is 14.0 Å². The third-order valence-corrected chi connectivity index (χ3v) is 2.56. The minimum atomic E-state index is -0.533. The molecule has 0 bridgehead atoms. The fourth-order valence-electron chi connectivity index (χ4n) is 1.23. The number of carbonyl (C=O) groups is 2. The van der Waals surface area contributed by atoms with Crippen molar-refractivity contribution in [2.75, 3.05) is 6.61 Å². The lowest BCUT2D eigenvalue weighted by molar-refractivity contribution is -0.142. The van der Waals surface area contributed by atoms with Gasteiger partial charge in [0.2, 0.25) is 0 Å². The molecule has 86 valence electrons. The molecule has 0 radical (unpaired) electrons. The van der Waals surface area contributed by atoms with E-state index >= 15 is 0 Å². The van der Waals surface area contributed by atoms with Gasteiger partial charge in [-0.15, -0.1) is 0 Å². The lowest BCUT2D eigenvalue weighted by atomic mass is 10.1. The summed E-state index contributed by atoms with van der Waals surface area (Å²) in [6.07, 6.45) is 0.477. The molecule has 1 aromatic carbocycles. The number of hydrogen-bond donors (Lipinski definition) is 0. The smallest absolute Gasteiger partial charge is 0.310 e. The van der Waals surface area contributed by atoms with Crippen LogP contribution in [0.4, 0.5) is 4.39 Å². The SMILES string of the molecule is CCOC(=O)Cc1cc(Br)c(F)cc1C=O. The monoisotopic (exact) mass is 288 g/mol. The first kappa shape index (κ1) is 12.8. The molecule has 16 heavy (non-hydrogen) atoms. The highest BCUT2D eigenvalue weighted by Crippen LogP contribution is 2.20. The van der Waals surface area contributed by atoms with E-state index in [4.69, 9.17) is 4.74 Å². The molecule has 0 unspecified atom stereocenters. The number of ether oxygens (including phenoxy) is 1. The lowest BCUT2D eigenvalue weighted by Crippen LogP contribution is -2.09. The molecule has 0 amide bonds. The van der Waals surface area contributed by atoms with Gasteiger partial charge in [0, 0.05) is 5.56 Å². The quantitative estimate of drug-likeness (QED) is 0.632. The zero-order valence-corrected chi connectivity index (χ0v) is 10.2. The summed E-state index contributed by atoms with van der Waals surface area (Å²) >= 11 is 3.00. The first-order chi connectivity index (χ1) is 7.58. The number of esters is 1. The summed E-state index contributed by atoms with van der Waals surface area (Å²) < 4.78 is 18.1. The summed E-state index contributed by atoms with van der Waals surface area (Å²) in [5.74, 6) is -0.973. The van der Waals surface area contributed by atoms with Crippen LogP contribution >= 0.6 is 15.9 Å². The first-order valence-corrected chi connectivity index (χ1v) is 5.46. The van der Waals surface area contributed by atoms with Crippen LogP contribution in [0.3, 0.4) is 0 Å². The maximum absolute atomic E-state index is 13.1. The molecule has 0 atom stereocenters. The highest BCUT2D eigenvalue weighted by atomic mass is 79.9. The van der Waals surface area contributed by atoms with Gasteiger partial charge in [-0.05, 0) is 40.5 Å². The number of carbonyl (C=O) groups excluding carboxylic acids is 2. The van der Waals surface area contributed by atoms with Gasteiger partial charge in [-0.2, -0.15) is 0 Å². The molecule has 1 aromatic rings. The Morgan fingerprint density at radius 3 is 2.81 bits per heavy atom. The van der Waals surface area contributed by atoms with Crippen LogP contribution in [0.2, 0.25) is 0 Å². The predicted molar refractivity (Wildman–Crippen MR) is 59.8 cm³/mol. The highest BCUT2D eigenvalue weighted by Gasteiger charge is 2.12. The van der Waals surface area contributed by atoms with Crippen molar-refractivity contribution in [1.29, 1.82) is 0 Å². The normalized spacial score (nSPS) is 9.94. The van der Waals surface area contributed by atoms with Gasteiger partial charge in [0.15, 0.2) is 0 Å². The van der Waals surface area contributed by atoms with Crippen molar-refractivity contribution in [2.24, 2.45) is 0 Å². The minimum absolute atomic E-state index is 0.0409. The topological polar surface area (TPSA) is 43.4 Å². The third kappa shape index (κ3) is 3.13. The number of rotatable bonds is 4. The summed E-state index contributed by atoms with van der Waals surface area (Å²) in [5, 5.41) is 0. The Morgan fingerprint density at radius 2 is 2.25 bits per heavy atom. The number of benzene rings is 1. The van der Waals surface area contributed by atoms with Crippen LogP contribution in [0.1, 0.15) is 22.8 Å². The molecule has 3 nitrogen and oxygen atoms in total. The Kier molecular flexibility index (Phi) is 4.61. The first-order valence-electron chi connectivity index (χ1n) is 4.67. The number of aldehydes is 1. The van der Waals surface area contributed by atoms with E-state index in [1.807, 2.05) is 0 Å². The van der Waals surface area contributed by atoms with Crippen LogP contribution in [0.25, 0.3) is 0 Å². The van der Waals surface area contributed by atoms with E-state index in [0.717, 1.165) is 6.07 Å². The minimum Gasteiger partial charge on any atom is -0.466 e. The van der Waals surface area contributed by atoms with Gasteiger partial charge in [0.05, 0.1) is 17.5 Å². The third-order valence-electron chi connectivity index (χ3n) is 1.95. The molecule has 0 aliphatic rings. The molecule has 0 spiro atoms. The molecule has 0 heterocycles. The van der Waals surface area contributed by atoms with Crippen molar-refractivity contribution in [3.05, 3.63) is 33.5 Å². The molecule has 0 saturated carbocycles. The fourth-order valence-corrected chi connectivity index (χ4v) is 1.62. The predicted octanol–water partition coefficient (Wildman–Crippen LogP) is 2.51. The lowest BCUT2D eigenvalue weighted by Gasteiger charge is -2.06. The van der Waals surface area contributed by atoms with Crippen molar-refractivity contribution in [3.8, 4) is 0 Å². The van der Waals surface area contributed by atoms with E-state index in [1.54, 1.807) is 6.92 Å². The van der Waals surface area contributed by atoms with E-state index in [-0.39, 0.29) is 23.1 Å². The summed E-state index contributed by atoms with van der Waals surface area (Å²) in [5.41, 5.74) is 0.607. The zero-order chi connectivity index (χ0) is 12.1. The molecule has 0 N–H and O–H groups in total. The van der Waals surface area contributed by atoms with Crippen molar-refractivity contribution >= 4 is 28.2 Å². The molecule has 0 aliphatic heterocycles. The maximum atomic E-state index is 13.1.